The molecule has 5 heteroatoms. The number of methoxy groups -OCH3 is 1. The molecule has 2 unspecified atom stereocenters. The van der Waals surface area contributed by atoms with Crippen LogP contribution in [0.4, 0.5) is 0 Å². The Bertz CT molecular complexity index is 649. The Balaban J connectivity index is 1.41. The van der Waals surface area contributed by atoms with Crippen LogP contribution in [0.1, 0.15) is 92.1 Å². The SMILES string of the molecule is CCC1(C(O)CCCC2[C@@H](CCCc3ccc(C(=O)OC)s3)CC[C@H]2Cl)CCC1. The molecule has 4 atom stereocenters. The molecule has 2 fully saturated rings. The summed E-state index contributed by atoms with van der Waals surface area (Å²) in [6, 6.07) is 3.92. The van der Waals surface area contributed by atoms with Crippen LogP contribution in [0.2, 0.25) is 0 Å². The van der Waals surface area contributed by atoms with Gasteiger partial charge in [0.05, 0.1) is 13.2 Å². The summed E-state index contributed by atoms with van der Waals surface area (Å²) in [4.78, 5) is 13.5. The lowest BCUT2D eigenvalue weighted by atomic mass is 9.62. The average molecular weight is 441 g/mol. The van der Waals surface area contributed by atoms with Gasteiger partial charge in [0.1, 0.15) is 4.88 Å². The fourth-order valence-electron chi connectivity index (χ4n) is 5.54. The Morgan fingerprint density at radius 2 is 2.10 bits per heavy atom. The van der Waals surface area contributed by atoms with E-state index in [9.17, 15) is 9.90 Å². The second kappa shape index (κ2) is 10.6. The standard InChI is InChI=1S/C24H37ClO3S/c1-3-24(15-6-16-24)22(26)10-5-9-19-17(11-13-20(19)25)7-4-8-18-12-14-21(29-18)23(27)28-2/h12,14,17,19-20,22,26H,3-11,13,15-16H2,1-2H3/t17-,19?,20+,22?/m0/s1. The number of carbonyl (C=O) groups excluding carboxylic acids is 1. The van der Waals surface area contributed by atoms with Crippen molar-refractivity contribution in [2.45, 2.75) is 95.5 Å². The Morgan fingerprint density at radius 1 is 1.31 bits per heavy atom. The minimum absolute atomic E-state index is 0.127. The molecule has 0 aliphatic heterocycles. The minimum Gasteiger partial charge on any atom is -0.465 e. The topological polar surface area (TPSA) is 46.5 Å². The third-order valence-electron chi connectivity index (χ3n) is 7.70. The van der Waals surface area contributed by atoms with E-state index in [4.69, 9.17) is 16.3 Å². The van der Waals surface area contributed by atoms with Gasteiger partial charge in [-0.1, -0.05) is 19.8 Å². The molecular formula is C24H37ClO3S. The number of halogens is 1. The molecule has 0 radical (unpaired) electrons. The molecule has 1 N–H and O–H groups in total. The summed E-state index contributed by atoms with van der Waals surface area (Å²) in [5, 5.41) is 11.0. The molecule has 0 aromatic carbocycles. The van der Waals surface area contributed by atoms with E-state index in [0.29, 0.717) is 22.1 Å². The van der Waals surface area contributed by atoms with Crippen LogP contribution in [-0.4, -0.2) is 29.7 Å². The van der Waals surface area contributed by atoms with Gasteiger partial charge in [0, 0.05) is 10.3 Å². The van der Waals surface area contributed by atoms with Gasteiger partial charge in [-0.05, 0) is 93.6 Å². The summed E-state index contributed by atoms with van der Waals surface area (Å²) < 4.78 is 4.79. The zero-order valence-corrected chi connectivity index (χ0v) is 19.6. The highest BCUT2D eigenvalue weighted by molar-refractivity contribution is 7.13. The molecular weight excluding hydrogens is 404 g/mol. The van der Waals surface area contributed by atoms with Crippen LogP contribution >= 0.6 is 22.9 Å². The predicted octanol–water partition coefficient (Wildman–Crippen LogP) is 6.60. The van der Waals surface area contributed by atoms with Gasteiger partial charge in [-0.25, -0.2) is 4.79 Å². The van der Waals surface area contributed by atoms with Gasteiger partial charge in [-0.15, -0.1) is 22.9 Å². The van der Waals surface area contributed by atoms with E-state index in [1.165, 1.54) is 44.1 Å². The summed E-state index contributed by atoms with van der Waals surface area (Å²) >= 11 is 8.23. The van der Waals surface area contributed by atoms with E-state index in [1.807, 2.05) is 6.07 Å². The molecule has 0 saturated heterocycles. The predicted molar refractivity (Wildman–Crippen MR) is 121 cm³/mol. The van der Waals surface area contributed by atoms with Gasteiger partial charge in [0.2, 0.25) is 0 Å². The zero-order valence-electron chi connectivity index (χ0n) is 18.0. The van der Waals surface area contributed by atoms with Crippen LogP contribution in [0.3, 0.4) is 0 Å². The second-order valence-corrected chi connectivity index (χ2v) is 10.9. The number of aliphatic hydroxyl groups is 1. The molecule has 29 heavy (non-hydrogen) atoms. The Hall–Kier alpha value is -0.580. The van der Waals surface area contributed by atoms with Crippen LogP contribution in [0.15, 0.2) is 12.1 Å². The quantitative estimate of drug-likeness (QED) is 0.311. The van der Waals surface area contributed by atoms with Crippen LogP contribution in [0.5, 0.6) is 0 Å². The van der Waals surface area contributed by atoms with Gasteiger partial charge < -0.3 is 9.84 Å². The summed E-state index contributed by atoms with van der Waals surface area (Å²) in [6.45, 7) is 2.23. The van der Waals surface area contributed by atoms with Crippen LogP contribution in [-0.2, 0) is 11.2 Å². The fraction of sp³-hybridized carbons (Fsp3) is 0.792. The maximum Gasteiger partial charge on any atom is 0.348 e. The molecule has 3 rings (SSSR count). The van der Waals surface area contributed by atoms with E-state index in [1.54, 1.807) is 11.3 Å². The number of aliphatic hydroxyl groups excluding tert-OH is 1. The highest BCUT2D eigenvalue weighted by atomic mass is 35.5. The minimum atomic E-state index is -0.240. The third kappa shape index (κ3) is 5.57. The van der Waals surface area contributed by atoms with Crippen molar-refractivity contribution in [2.24, 2.45) is 17.3 Å². The first-order valence-electron chi connectivity index (χ1n) is 11.5. The van der Waals surface area contributed by atoms with E-state index in [-0.39, 0.29) is 17.5 Å². The van der Waals surface area contributed by atoms with Crippen molar-refractivity contribution in [1.29, 1.82) is 0 Å². The molecule has 3 nitrogen and oxygen atoms in total. The van der Waals surface area contributed by atoms with Crippen molar-refractivity contribution in [2.75, 3.05) is 7.11 Å². The fourth-order valence-corrected chi connectivity index (χ4v) is 6.96. The number of rotatable bonds is 11. The van der Waals surface area contributed by atoms with Gasteiger partial charge in [-0.2, -0.15) is 0 Å². The zero-order chi connectivity index (χ0) is 20.9. The highest BCUT2D eigenvalue weighted by Gasteiger charge is 2.41. The Morgan fingerprint density at radius 3 is 2.76 bits per heavy atom. The van der Waals surface area contributed by atoms with Gasteiger partial charge in [-0.3, -0.25) is 0 Å². The average Bonchev–Trinajstić information content (AvgIpc) is 3.29. The molecule has 1 heterocycles. The van der Waals surface area contributed by atoms with Crippen LogP contribution < -0.4 is 0 Å². The molecule has 164 valence electrons. The van der Waals surface area contributed by atoms with Gasteiger partial charge in [0.25, 0.3) is 0 Å². The summed E-state index contributed by atoms with van der Waals surface area (Å²) in [7, 11) is 1.43. The maximum absolute atomic E-state index is 11.6. The summed E-state index contributed by atoms with van der Waals surface area (Å²) in [5.41, 5.74) is 0.221. The van der Waals surface area contributed by atoms with E-state index < -0.39 is 0 Å². The first-order valence-corrected chi connectivity index (χ1v) is 12.7. The number of thiophene rings is 1. The lowest BCUT2D eigenvalue weighted by Crippen LogP contribution is -2.40. The number of esters is 1. The number of aryl methyl sites for hydroxylation is 1. The van der Waals surface area contributed by atoms with Gasteiger partial charge >= 0.3 is 5.97 Å². The normalized spacial score (nSPS) is 26.8. The Labute approximate surface area is 185 Å². The molecule has 0 bridgehead atoms. The van der Waals surface area contributed by atoms with Crippen molar-refractivity contribution in [3.05, 3.63) is 21.9 Å². The molecule has 0 amide bonds. The Kier molecular flexibility index (Phi) is 8.47. The summed E-state index contributed by atoms with van der Waals surface area (Å²) in [5.74, 6) is 1.06. The van der Waals surface area contributed by atoms with Crippen molar-refractivity contribution >= 4 is 28.9 Å². The first kappa shape index (κ1) is 23.1. The number of alkyl halides is 1. The number of hydrogen-bond acceptors (Lipinski definition) is 4. The van der Waals surface area contributed by atoms with Crippen molar-refractivity contribution in [3.63, 3.8) is 0 Å². The van der Waals surface area contributed by atoms with E-state index in [0.717, 1.165) is 44.9 Å². The molecule has 1 aromatic heterocycles. The number of carbonyl (C=O) groups is 1. The lowest BCUT2D eigenvalue weighted by molar-refractivity contribution is -0.0437. The van der Waals surface area contributed by atoms with Crippen molar-refractivity contribution in [3.8, 4) is 0 Å². The molecule has 2 aliphatic rings. The number of ether oxygens (including phenoxy) is 1. The van der Waals surface area contributed by atoms with Crippen molar-refractivity contribution in [1.82, 2.24) is 0 Å². The molecule has 0 spiro atoms. The largest absolute Gasteiger partial charge is 0.465 e. The highest BCUT2D eigenvalue weighted by Crippen LogP contribution is 2.48. The second-order valence-electron chi connectivity index (χ2n) is 9.18. The maximum atomic E-state index is 11.6. The van der Waals surface area contributed by atoms with E-state index >= 15 is 0 Å². The van der Waals surface area contributed by atoms with E-state index in [2.05, 4.69) is 13.0 Å². The smallest absolute Gasteiger partial charge is 0.348 e. The third-order valence-corrected chi connectivity index (χ3v) is 9.37. The first-order chi connectivity index (χ1) is 14.0. The van der Waals surface area contributed by atoms with Crippen molar-refractivity contribution < 1.29 is 14.6 Å². The lowest BCUT2D eigenvalue weighted by Gasteiger charge is -2.45. The molecule has 1 aromatic rings. The van der Waals surface area contributed by atoms with Crippen LogP contribution in [0.25, 0.3) is 0 Å². The van der Waals surface area contributed by atoms with Gasteiger partial charge in [0.15, 0.2) is 0 Å². The summed E-state index contributed by atoms with van der Waals surface area (Å²) in [6.07, 6.45) is 13.6. The molecule has 2 aliphatic carbocycles. The van der Waals surface area contributed by atoms with Crippen LogP contribution in [0, 0.1) is 17.3 Å². The molecule has 2 saturated carbocycles. The number of hydrogen-bond donors (Lipinski definition) is 1. The monoisotopic (exact) mass is 440 g/mol.